The minimum atomic E-state index is -0.833. The van der Waals surface area contributed by atoms with Crippen LogP contribution < -0.4 is 10.6 Å². The molecule has 0 saturated heterocycles. The summed E-state index contributed by atoms with van der Waals surface area (Å²) in [6.07, 6.45) is -1.22. The molecule has 0 aliphatic rings. The molecule has 0 rings (SSSR count). The van der Waals surface area contributed by atoms with Crippen molar-refractivity contribution in [3.63, 3.8) is 0 Å². The quantitative estimate of drug-likeness (QED) is 0.117. The average molecular weight is 548 g/mol. The number of nitrogens with zero attached hydrogens (tertiary/aromatic N) is 3. The smallest absolute Gasteiger partial charge is 0.407 e. The lowest BCUT2D eigenvalue weighted by Gasteiger charge is -2.17. The molecular formula is C18H37N5O14. The van der Waals surface area contributed by atoms with Crippen LogP contribution in [0.1, 0.15) is 41.5 Å². The lowest BCUT2D eigenvalue weighted by atomic mass is 10.5. The van der Waals surface area contributed by atoms with Crippen LogP contribution in [0.5, 0.6) is 0 Å². The maximum absolute atomic E-state index is 11.3. The molecule has 19 nitrogen and oxygen atoms in total. The van der Waals surface area contributed by atoms with E-state index in [1.165, 1.54) is 0 Å². The molecule has 0 radical (unpaired) electrons. The number of ether oxygens (including phenoxy) is 2. The number of nitrogens with one attached hydrogen (secondary N) is 2. The SMILES string of the molecule is CC(=O)O.CC(=O)O.CC(=O)O.CC(=O)O.CCOC(=O)NCCN(CCNC(=O)OCC)/[N+]([O-])=N\O. The van der Waals surface area contributed by atoms with Gasteiger partial charge >= 0.3 is 12.2 Å². The fourth-order valence-corrected chi connectivity index (χ4v) is 1.28. The Labute approximate surface area is 212 Å². The van der Waals surface area contributed by atoms with Crippen molar-refractivity contribution in [2.24, 2.45) is 5.28 Å². The Morgan fingerprint density at radius 1 is 0.730 bits per heavy atom. The molecule has 0 bridgehead atoms. The fourth-order valence-electron chi connectivity index (χ4n) is 1.28. The summed E-state index contributed by atoms with van der Waals surface area (Å²) in [6.45, 7) is 8.47. The van der Waals surface area contributed by atoms with Gasteiger partial charge in [-0.2, -0.15) is 0 Å². The Morgan fingerprint density at radius 3 is 1.16 bits per heavy atom. The largest absolute Gasteiger partial charge is 0.569 e. The predicted octanol–water partition coefficient (Wildman–Crippen LogP) is 0.411. The van der Waals surface area contributed by atoms with Gasteiger partial charge in [0, 0.05) is 40.8 Å². The molecule has 218 valence electrons. The second-order valence-electron chi connectivity index (χ2n) is 5.67. The summed E-state index contributed by atoms with van der Waals surface area (Å²) in [4.78, 5) is 58.1. The van der Waals surface area contributed by atoms with Gasteiger partial charge in [0.05, 0.1) is 31.3 Å². The van der Waals surface area contributed by atoms with Crippen LogP contribution in [0.4, 0.5) is 9.59 Å². The lowest BCUT2D eigenvalue weighted by Crippen LogP contribution is -2.42. The van der Waals surface area contributed by atoms with Crippen LogP contribution in [0, 0.1) is 5.21 Å². The first-order chi connectivity index (χ1) is 17.0. The van der Waals surface area contributed by atoms with Gasteiger partial charge in [0.1, 0.15) is 0 Å². The minimum Gasteiger partial charge on any atom is -0.569 e. The monoisotopic (exact) mass is 547 g/mol. The number of carbonyl (C=O) groups excluding carboxylic acids is 2. The predicted molar refractivity (Wildman–Crippen MR) is 123 cm³/mol. The third kappa shape index (κ3) is 72.1. The van der Waals surface area contributed by atoms with Crippen LogP contribution in [0.15, 0.2) is 5.28 Å². The van der Waals surface area contributed by atoms with Crippen LogP contribution in [-0.4, -0.2) is 111 Å². The summed E-state index contributed by atoms with van der Waals surface area (Å²) in [5.74, 6) is -3.33. The molecular weight excluding hydrogens is 510 g/mol. The minimum absolute atomic E-state index is 0.0420. The van der Waals surface area contributed by atoms with Gasteiger partial charge in [-0.25, -0.2) is 9.59 Å². The van der Waals surface area contributed by atoms with Crippen molar-refractivity contribution in [2.75, 3.05) is 39.4 Å². The van der Waals surface area contributed by atoms with E-state index in [2.05, 4.69) is 25.4 Å². The average Bonchev–Trinajstić information content (AvgIpc) is 2.71. The van der Waals surface area contributed by atoms with Crippen LogP contribution in [0.2, 0.25) is 0 Å². The summed E-state index contributed by atoms with van der Waals surface area (Å²) in [5, 5.41) is 57.7. The first-order valence-electron chi connectivity index (χ1n) is 10.1. The topological polar surface area (TPSA) is 288 Å². The third-order valence-electron chi connectivity index (χ3n) is 2.15. The zero-order chi connectivity index (χ0) is 30.4. The van der Waals surface area contributed by atoms with Gasteiger partial charge in [-0.3, -0.25) is 19.2 Å². The Balaban J connectivity index is -0.000000172. The molecule has 0 aliphatic heterocycles. The number of rotatable bonds is 9. The molecule has 0 fully saturated rings. The number of hydrogen-bond donors (Lipinski definition) is 7. The fraction of sp³-hybridized carbons (Fsp3) is 0.667. The van der Waals surface area contributed by atoms with Gasteiger partial charge < -0.3 is 50.9 Å². The zero-order valence-electron chi connectivity index (χ0n) is 21.5. The zero-order valence-corrected chi connectivity index (χ0v) is 21.5. The number of amides is 2. The second-order valence-corrected chi connectivity index (χ2v) is 5.67. The van der Waals surface area contributed by atoms with Gasteiger partial charge in [0.2, 0.25) is 5.28 Å². The van der Waals surface area contributed by atoms with Crippen LogP contribution in [0.25, 0.3) is 0 Å². The summed E-state index contributed by atoms with van der Waals surface area (Å²) < 4.78 is 9.29. The first kappa shape index (κ1) is 42.6. The van der Waals surface area contributed by atoms with Crippen molar-refractivity contribution in [1.29, 1.82) is 0 Å². The van der Waals surface area contributed by atoms with E-state index in [9.17, 15) is 14.8 Å². The summed E-state index contributed by atoms with van der Waals surface area (Å²) in [5.41, 5.74) is 0. The van der Waals surface area contributed by atoms with Crippen molar-refractivity contribution in [1.82, 2.24) is 15.6 Å². The molecule has 0 unspecified atom stereocenters. The van der Waals surface area contributed by atoms with E-state index >= 15 is 0 Å². The molecule has 7 N–H and O–H groups in total. The Kier molecular flexibility index (Phi) is 36.1. The van der Waals surface area contributed by atoms with Gasteiger partial charge in [0.15, 0.2) is 0 Å². The van der Waals surface area contributed by atoms with E-state index in [0.717, 1.165) is 32.7 Å². The van der Waals surface area contributed by atoms with Crippen LogP contribution in [-0.2, 0) is 28.7 Å². The van der Waals surface area contributed by atoms with Gasteiger partial charge in [-0.15, -0.1) is 5.01 Å². The molecule has 0 aromatic heterocycles. The lowest BCUT2D eigenvalue weighted by molar-refractivity contribution is -0.709. The number of alkyl carbamates (subject to hydrolysis) is 2. The van der Waals surface area contributed by atoms with Gasteiger partial charge in [-0.05, 0) is 13.8 Å². The molecule has 0 aliphatic carbocycles. The molecule has 0 spiro atoms. The number of carboxylic acids is 4. The van der Waals surface area contributed by atoms with Crippen molar-refractivity contribution < 1.29 is 68.8 Å². The summed E-state index contributed by atoms with van der Waals surface area (Å²) in [7, 11) is 0. The molecule has 0 aromatic carbocycles. The molecule has 0 heterocycles. The van der Waals surface area contributed by atoms with Crippen molar-refractivity contribution in [2.45, 2.75) is 41.5 Å². The second kappa shape index (κ2) is 31.4. The van der Waals surface area contributed by atoms with Crippen molar-refractivity contribution in [3.05, 3.63) is 5.21 Å². The Hall–Kier alpha value is -4.58. The third-order valence-corrected chi connectivity index (χ3v) is 2.15. The van der Waals surface area contributed by atoms with Crippen LogP contribution >= 0.6 is 0 Å². The van der Waals surface area contributed by atoms with E-state index in [1.54, 1.807) is 13.8 Å². The maximum atomic E-state index is 11.3. The highest BCUT2D eigenvalue weighted by molar-refractivity contribution is 5.67. The van der Waals surface area contributed by atoms with E-state index < -0.39 is 36.1 Å². The number of carbonyl (C=O) groups is 6. The maximum Gasteiger partial charge on any atom is 0.407 e. The Bertz CT molecular complexity index is 600. The summed E-state index contributed by atoms with van der Waals surface area (Å²) >= 11 is 0. The highest BCUT2D eigenvalue weighted by atomic mass is 16.6. The number of hydrogen-bond acceptors (Lipinski definition) is 10. The molecule has 0 aromatic rings. The normalized spacial score (nSPS) is 8.76. The molecule has 37 heavy (non-hydrogen) atoms. The van der Waals surface area contributed by atoms with Crippen LogP contribution in [0.3, 0.4) is 0 Å². The highest BCUT2D eigenvalue weighted by Crippen LogP contribution is 1.90. The van der Waals surface area contributed by atoms with Gasteiger partial charge in [0.25, 0.3) is 23.9 Å². The number of carboxylic acid groups (broad SMARTS) is 4. The van der Waals surface area contributed by atoms with Crippen molar-refractivity contribution >= 4 is 36.1 Å². The van der Waals surface area contributed by atoms with E-state index in [0.29, 0.717) is 0 Å². The molecule has 0 saturated carbocycles. The number of aliphatic carboxylic acids is 4. The molecule has 0 atom stereocenters. The van der Waals surface area contributed by atoms with E-state index in [-0.39, 0.29) is 44.4 Å². The molecule has 2 amide bonds. The standard InChI is InChI=1S/C10H21N5O6.4C2H4O2/c1-3-20-9(16)11-5-7-14(15(19)13-18)8-6-12-10(17)21-4-2;4*1-2(3)4/h18H,3-8H2,1-2H3,(H,11,16)(H,12,17);4*1H3,(H,3,4)/b15-13+;;;;. The van der Waals surface area contributed by atoms with E-state index in [4.69, 9.17) is 44.8 Å². The first-order valence-corrected chi connectivity index (χ1v) is 10.1. The highest BCUT2D eigenvalue weighted by Gasteiger charge is 2.14. The van der Waals surface area contributed by atoms with Gasteiger partial charge in [-0.1, -0.05) is 0 Å². The van der Waals surface area contributed by atoms with E-state index in [1.807, 2.05) is 0 Å². The molecule has 19 heteroatoms. The van der Waals surface area contributed by atoms with Crippen molar-refractivity contribution in [3.8, 4) is 0 Å². The summed E-state index contributed by atoms with van der Waals surface area (Å²) in [6, 6.07) is 0. The number of hydrazine groups is 1. The Morgan fingerprint density at radius 2 is 0.973 bits per heavy atom.